The number of nitrogens with one attached hydrogen (secondary N) is 3. The number of hydrogen-bond acceptors (Lipinski definition) is 7. The third-order valence-electron chi connectivity index (χ3n) is 4.00. The summed E-state index contributed by atoms with van der Waals surface area (Å²) in [6.07, 6.45) is 2.25. The second-order valence-electron chi connectivity index (χ2n) is 7.75. The van der Waals surface area contributed by atoms with Crippen LogP contribution in [0, 0.1) is 16.2 Å². The molecule has 0 heterocycles. The van der Waals surface area contributed by atoms with Crippen LogP contribution in [0.2, 0.25) is 0 Å². The lowest BCUT2D eigenvalue weighted by molar-refractivity contribution is 0.363. The number of isocyanates is 3. The van der Waals surface area contributed by atoms with Crippen LogP contribution in [0.15, 0.2) is 218 Å². The molecule has 11 heteroatoms. The van der Waals surface area contributed by atoms with Gasteiger partial charge in [0.15, 0.2) is 0 Å². The molecule has 0 radical (unpaired) electrons. The normalized spacial score (nSPS) is 7.42. The molecular formula is C39H42N3O6PS. The van der Waals surface area contributed by atoms with Crippen LogP contribution in [0.1, 0.15) is 0 Å². The van der Waals surface area contributed by atoms with Gasteiger partial charge in [-0.2, -0.15) is 0 Å². The van der Waals surface area contributed by atoms with Gasteiger partial charge in [-0.25, -0.2) is 30.6 Å². The van der Waals surface area contributed by atoms with Gasteiger partial charge >= 0.3 is 6.72 Å². The quantitative estimate of drug-likeness (QED) is 0.0516. The van der Waals surface area contributed by atoms with E-state index in [0.29, 0.717) is 0 Å². The highest BCUT2D eigenvalue weighted by Gasteiger charge is 1.92. The van der Waals surface area contributed by atoms with Crippen LogP contribution in [0.3, 0.4) is 0 Å². The Morgan fingerprint density at radius 1 is 0.280 bits per heavy atom. The summed E-state index contributed by atoms with van der Waals surface area (Å²) in [7, 11) is 0. The zero-order valence-electron chi connectivity index (χ0n) is 27.2. The summed E-state index contributed by atoms with van der Waals surface area (Å²) in [4.78, 5) is 47.7. The summed E-state index contributed by atoms with van der Waals surface area (Å²) < 4.78 is 0. The Morgan fingerprint density at radius 2 is 0.300 bits per heavy atom. The monoisotopic (exact) mass is 711 g/mol. The Bertz CT molecular complexity index is 1110. The van der Waals surface area contributed by atoms with Crippen molar-refractivity contribution in [1.82, 2.24) is 0 Å². The summed E-state index contributed by atoms with van der Waals surface area (Å²) in [5.74, 6) is 0. The summed E-state index contributed by atoms with van der Waals surface area (Å²) in [5, 5.41) is 16.2. The fourth-order valence-corrected chi connectivity index (χ4v) is 2.31. The fourth-order valence-electron chi connectivity index (χ4n) is 2.31. The molecule has 0 bridgehead atoms. The predicted octanol–water partition coefficient (Wildman–Crippen LogP) is 9.01. The minimum atomic E-state index is -3.81. The van der Waals surface area contributed by atoms with Crippen molar-refractivity contribution >= 4 is 36.8 Å². The van der Waals surface area contributed by atoms with Gasteiger partial charge in [-0.3, -0.25) is 0 Å². The highest BCUT2D eigenvalue weighted by Crippen LogP contribution is 2.26. The van der Waals surface area contributed by atoms with E-state index in [2.05, 4.69) is 11.8 Å². The number of carbonyl (C=O) groups excluding carboxylic acids is 3. The van der Waals surface area contributed by atoms with E-state index in [1.54, 1.807) is 0 Å². The van der Waals surface area contributed by atoms with Crippen molar-refractivity contribution < 1.29 is 29.1 Å². The first-order valence-electron chi connectivity index (χ1n) is 14.1. The molecule has 0 saturated carbocycles. The highest BCUT2D eigenvalue weighted by molar-refractivity contribution is 8.06. The number of hydrogen-bond donors (Lipinski definition) is 6. The Kier molecular flexibility index (Phi) is 50.7. The zero-order chi connectivity index (χ0) is 38.1. The van der Waals surface area contributed by atoms with Crippen molar-refractivity contribution in [2.75, 3.05) is 0 Å². The van der Waals surface area contributed by atoms with Crippen LogP contribution in [-0.2, 0) is 26.2 Å². The minimum Gasteiger partial charge on any atom is -0.325 e. The molecule has 0 aliphatic heterocycles. The van der Waals surface area contributed by atoms with Gasteiger partial charge in [-0.15, -0.1) is 0 Å². The van der Waals surface area contributed by atoms with Gasteiger partial charge in [-0.1, -0.05) is 218 Å². The fraction of sp³-hybridized carbons (Fsp3) is 0. The molecule has 0 fully saturated rings. The lowest BCUT2D eigenvalue weighted by Crippen LogP contribution is -1.65. The van der Waals surface area contributed by atoms with E-state index in [-0.39, 0.29) is 0 Å². The standard InChI is InChI=1S/6C6H6.3CHNO.H3O3PS/c6*1-2-4-6-5-3-1;3*2-1-3;1-4(2,3)5/h6*1-6H;3*2H;(H3,1,2,3,5). The van der Waals surface area contributed by atoms with E-state index in [0.717, 1.165) is 18.2 Å². The third-order valence-corrected chi connectivity index (χ3v) is 4.00. The van der Waals surface area contributed by atoms with Gasteiger partial charge in [0.05, 0.1) is 0 Å². The maximum atomic E-state index is 8.35. The molecule has 50 heavy (non-hydrogen) atoms. The highest BCUT2D eigenvalue weighted by atomic mass is 32.5. The Hall–Kier alpha value is -6.01. The molecule has 0 aromatic heterocycles. The van der Waals surface area contributed by atoms with Crippen LogP contribution in [0.5, 0.6) is 0 Å². The first-order chi connectivity index (χ1) is 24.2. The molecule has 6 rings (SSSR count). The maximum absolute atomic E-state index is 8.35. The van der Waals surface area contributed by atoms with Crippen molar-refractivity contribution in [2.24, 2.45) is 0 Å². The minimum absolute atomic E-state index is 0.750. The SMILES string of the molecule is N=C=O.N=C=O.N=C=O.OP(O)(O)=S.c1ccccc1.c1ccccc1.c1ccccc1.c1ccccc1.c1ccccc1.c1ccccc1. The predicted molar refractivity (Wildman–Crippen MR) is 205 cm³/mol. The molecule has 0 saturated heterocycles. The second kappa shape index (κ2) is 49.9. The topological polar surface area (TPSA) is 183 Å². The molecule has 0 spiro atoms. The zero-order valence-corrected chi connectivity index (χ0v) is 28.9. The van der Waals surface area contributed by atoms with Gasteiger partial charge in [0, 0.05) is 0 Å². The molecule has 0 atom stereocenters. The average molecular weight is 712 g/mol. The molecule has 0 aliphatic rings. The van der Waals surface area contributed by atoms with E-state index in [9.17, 15) is 0 Å². The first-order valence-corrected chi connectivity index (χ1v) is 16.8. The summed E-state index contributed by atoms with van der Waals surface area (Å²) in [6.45, 7) is -3.81. The number of benzene rings is 6. The number of rotatable bonds is 0. The molecule has 6 aromatic rings. The molecule has 260 valence electrons. The van der Waals surface area contributed by atoms with E-state index in [1.807, 2.05) is 218 Å². The van der Waals surface area contributed by atoms with Crippen LogP contribution in [-0.4, -0.2) is 32.9 Å². The first kappa shape index (κ1) is 50.8. The molecular weight excluding hydrogens is 669 g/mol. The summed E-state index contributed by atoms with van der Waals surface area (Å²) in [5.41, 5.74) is 0. The van der Waals surface area contributed by atoms with Crippen molar-refractivity contribution in [1.29, 1.82) is 16.2 Å². The molecule has 0 aliphatic carbocycles. The smallest absolute Gasteiger partial charge is 0.319 e. The van der Waals surface area contributed by atoms with Crippen LogP contribution in [0.25, 0.3) is 0 Å². The molecule has 0 amide bonds. The van der Waals surface area contributed by atoms with E-state index in [4.69, 9.17) is 45.3 Å². The van der Waals surface area contributed by atoms with E-state index >= 15 is 0 Å². The molecule has 0 unspecified atom stereocenters. The summed E-state index contributed by atoms with van der Waals surface area (Å²) >= 11 is 3.60. The van der Waals surface area contributed by atoms with Crippen molar-refractivity contribution in [2.45, 2.75) is 0 Å². The Morgan fingerprint density at radius 3 is 0.320 bits per heavy atom. The van der Waals surface area contributed by atoms with E-state index < -0.39 is 6.72 Å². The van der Waals surface area contributed by atoms with Crippen molar-refractivity contribution in [3.8, 4) is 0 Å². The van der Waals surface area contributed by atoms with Crippen molar-refractivity contribution in [3.05, 3.63) is 218 Å². The molecule has 6 aromatic carbocycles. The lowest BCUT2D eigenvalue weighted by Gasteiger charge is -1.88. The van der Waals surface area contributed by atoms with Gasteiger partial charge in [0.1, 0.15) is 0 Å². The lowest BCUT2D eigenvalue weighted by atomic mass is 10.4. The van der Waals surface area contributed by atoms with E-state index in [1.165, 1.54) is 0 Å². The molecule has 6 N–H and O–H groups in total. The third kappa shape index (κ3) is 78.4. The molecule has 9 nitrogen and oxygen atoms in total. The maximum Gasteiger partial charge on any atom is 0.319 e. The van der Waals surface area contributed by atoms with Gasteiger partial charge < -0.3 is 14.7 Å². The summed E-state index contributed by atoms with van der Waals surface area (Å²) in [6, 6.07) is 72.0. The van der Waals surface area contributed by atoms with Crippen LogP contribution in [0.4, 0.5) is 0 Å². The Labute approximate surface area is 299 Å². The van der Waals surface area contributed by atoms with Crippen LogP contribution < -0.4 is 0 Å². The van der Waals surface area contributed by atoms with Gasteiger partial charge in [0.25, 0.3) is 0 Å². The Balaban J connectivity index is -0.000000238. The average Bonchev–Trinajstić information content (AvgIpc) is 3.18. The van der Waals surface area contributed by atoms with Gasteiger partial charge in [0.2, 0.25) is 18.2 Å². The van der Waals surface area contributed by atoms with Gasteiger partial charge in [-0.05, 0) is 11.8 Å². The second-order valence-corrected chi connectivity index (χ2v) is 10.2. The largest absolute Gasteiger partial charge is 0.325 e. The van der Waals surface area contributed by atoms with Crippen LogP contribution >= 0.6 is 6.72 Å². The van der Waals surface area contributed by atoms with Crippen molar-refractivity contribution in [3.63, 3.8) is 0 Å².